The number of halogens is 1. The fourth-order valence-corrected chi connectivity index (χ4v) is 3.14. The molecule has 24 heavy (non-hydrogen) atoms. The molecule has 2 aromatic rings. The molecule has 1 fully saturated rings. The zero-order valence-electron chi connectivity index (χ0n) is 13.7. The summed E-state index contributed by atoms with van der Waals surface area (Å²) in [4.78, 5) is 30.9. The average Bonchev–Trinajstić information content (AvgIpc) is 2.57. The number of hydrogen-bond donors (Lipinski definition) is 1. The molecule has 0 bridgehead atoms. The average molecular weight is 351 g/mol. The number of nitrogens with two attached hydrogens (primary N) is 1. The fraction of sp³-hybridized carbons (Fsp3) is 0.471. The lowest BCUT2D eigenvalue weighted by molar-refractivity contribution is -0.133. The standard InChI is InChI=1S/C17H22N4O2.ClH/c1-12(18)13-6-8-20(9-7-13)16(22)10-21-11-19-15-5-3-2-4-14(15)17(21)23;/h2-5,11-13H,6-10,18H2,1H3;1H. The van der Waals surface area contributed by atoms with Crippen molar-refractivity contribution in [2.24, 2.45) is 11.7 Å². The van der Waals surface area contributed by atoms with E-state index in [2.05, 4.69) is 4.98 Å². The summed E-state index contributed by atoms with van der Waals surface area (Å²) in [5, 5.41) is 0.540. The summed E-state index contributed by atoms with van der Waals surface area (Å²) in [7, 11) is 0. The van der Waals surface area contributed by atoms with Gasteiger partial charge in [0.15, 0.2) is 0 Å². The number of fused-ring (bicyclic) bond motifs is 1. The van der Waals surface area contributed by atoms with Crippen LogP contribution in [-0.2, 0) is 11.3 Å². The number of likely N-dealkylation sites (tertiary alicyclic amines) is 1. The molecular weight excluding hydrogens is 328 g/mol. The van der Waals surface area contributed by atoms with Gasteiger partial charge in [0, 0.05) is 19.1 Å². The van der Waals surface area contributed by atoms with Gasteiger partial charge in [-0.25, -0.2) is 4.98 Å². The third-order valence-corrected chi connectivity index (χ3v) is 4.67. The zero-order valence-corrected chi connectivity index (χ0v) is 14.5. The van der Waals surface area contributed by atoms with Gasteiger partial charge in [-0.15, -0.1) is 12.4 Å². The SMILES string of the molecule is CC(N)C1CCN(C(=O)Cn2cnc3ccccc3c2=O)CC1.Cl. The lowest BCUT2D eigenvalue weighted by Gasteiger charge is -2.33. The first-order chi connectivity index (χ1) is 11.1. The van der Waals surface area contributed by atoms with Crippen molar-refractivity contribution in [3.05, 3.63) is 40.9 Å². The monoisotopic (exact) mass is 350 g/mol. The van der Waals surface area contributed by atoms with Gasteiger partial charge in [0.25, 0.3) is 5.56 Å². The van der Waals surface area contributed by atoms with Crippen LogP contribution in [-0.4, -0.2) is 39.5 Å². The fourth-order valence-electron chi connectivity index (χ4n) is 3.14. The van der Waals surface area contributed by atoms with Crippen molar-refractivity contribution in [3.63, 3.8) is 0 Å². The Morgan fingerprint density at radius 1 is 1.33 bits per heavy atom. The summed E-state index contributed by atoms with van der Waals surface area (Å²) >= 11 is 0. The highest BCUT2D eigenvalue weighted by Gasteiger charge is 2.25. The molecule has 1 atom stereocenters. The van der Waals surface area contributed by atoms with Gasteiger partial charge in [-0.1, -0.05) is 12.1 Å². The molecule has 1 aliphatic rings. The van der Waals surface area contributed by atoms with Gasteiger partial charge < -0.3 is 10.6 Å². The van der Waals surface area contributed by atoms with Crippen LogP contribution in [0.4, 0.5) is 0 Å². The molecule has 1 unspecified atom stereocenters. The maximum absolute atomic E-state index is 12.4. The molecule has 1 saturated heterocycles. The number of piperidine rings is 1. The first kappa shape index (κ1) is 18.4. The Labute approximate surface area is 147 Å². The summed E-state index contributed by atoms with van der Waals surface area (Å²) < 4.78 is 1.39. The molecule has 1 aromatic heterocycles. The minimum Gasteiger partial charge on any atom is -0.341 e. The van der Waals surface area contributed by atoms with Gasteiger partial charge >= 0.3 is 0 Å². The molecule has 130 valence electrons. The molecule has 0 aliphatic carbocycles. The van der Waals surface area contributed by atoms with Crippen molar-refractivity contribution in [1.82, 2.24) is 14.5 Å². The van der Waals surface area contributed by atoms with Crippen LogP contribution in [0.3, 0.4) is 0 Å². The Hall–Kier alpha value is -1.92. The van der Waals surface area contributed by atoms with Crippen LogP contribution in [0, 0.1) is 5.92 Å². The van der Waals surface area contributed by atoms with Crippen LogP contribution >= 0.6 is 12.4 Å². The number of carbonyl (C=O) groups is 1. The van der Waals surface area contributed by atoms with E-state index in [4.69, 9.17) is 5.73 Å². The Morgan fingerprint density at radius 3 is 2.67 bits per heavy atom. The van der Waals surface area contributed by atoms with Crippen molar-refractivity contribution >= 4 is 29.2 Å². The van der Waals surface area contributed by atoms with Gasteiger partial charge in [0.1, 0.15) is 6.54 Å². The lowest BCUT2D eigenvalue weighted by atomic mass is 9.91. The second-order valence-corrected chi connectivity index (χ2v) is 6.27. The molecule has 2 N–H and O–H groups in total. The first-order valence-corrected chi connectivity index (χ1v) is 8.04. The van der Waals surface area contributed by atoms with Gasteiger partial charge in [-0.2, -0.15) is 0 Å². The van der Waals surface area contributed by atoms with Crippen molar-refractivity contribution in [3.8, 4) is 0 Å². The maximum atomic E-state index is 12.4. The van der Waals surface area contributed by atoms with E-state index in [1.165, 1.54) is 10.9 Å². The highest BCUT2D eigenvalue weighted by molar-refractivity contribution is 5.85. The quantitative estimate of drug-likeness (QED) is 0.907. The van der Waals surface area contributed by atoms with Crippen LogP contribution in [0.5, 0.6) is 0 Å². The number of aromatic nitrogens is 2. The second kappa shape index (κ2) is 7.77. The zero-order chi connectivity index (χ0) is 16.4. The number of amides is 1. The van der Waals surface area contributed by atoms with Crippen LogP contribution < -0.4 is 11.3 Å². The summed E-state index contributed by atoms with van der Waals surface area (Å²) in [6.07, 6.45) is 3.31. The van der Waals surface area contributed by atoms with Crippen molar-refractivity contribution in [2.45, 2.75) is 32.4 Å². The molecule has 1 aliphatic heterocycles. The molecule has 1 aromatic carbocycles. The summed E-state index contributed by atoms with van der Waals surface area (Å²) in [6, 6.07) is 7.34. The third kappa shape index (κ3) is 3.76. The Kier molecular flexibility index (Phi) is 5.96. The van der Waals surface area contributed by atoms with E-state index in [1.807, 2.05) is 17.9 Å². The van der Waals surface area contributed by atoms with E-state index in [-0.39, 0.29) is 36.5 Å². The first-order valence-electron chi connectivity index (χ1n) is 8.04. The molecule has 0 saturated carbocycles. The highest BCUT2D eigenvalue weighted by Crippen LogP contribution is 2.19. The Morgan fingerprint density at radius 2 is 2.00 bits per heavy atom. The molecule has 0 radical (unpaired) electrons. The third-order valence-electron chi connectivity index (χ3n) is 4.67. The van der Waals surface area contributed by atoms with E-state index < -0.39 is 0 Å². The largest absolute Gasteiger partial charge is 0.341 e. The Balaban J connectivity index is 0.00000208. The van der Waals surface area contributed by atoms with Crippen molar-refractivity contribution < 1.29 is 4.79 Å². The van der Waals surface area contributed by atoms with E-state index in [0.717, 1.165) is 12.8 Å². The maximum Gasteiger partial charge on any atom is 0.261 e. The van der Waals surface area contributed by atoms with Gasteiger partial charge in [0.05, 0.1) is 17.2 Å². The van der Waals surface area contributed by atoms with Gasteiger partial charge in [0.2, 0.25) is 5.91 Å². The minimum atomic E-state index is -0.172. The smallest absolute Gasteiger partial charge is 0.261 e. The predicted molar refractivity (Wildman–Crippen MR) is 96.2 cm³/mol. The normalized spacial score (nSPS) is 16.7. The number of rotatable bonds is 3. The van der Waals surface area contributed by atoms with Crippen LogP contribution in [0.15, 0.2) is 35.4 Å². The summed E-state index contributed by atoms with van der Waals surface area (Å²) in [5.41, 5.74) is 6.41. The van der Waals surface area contributed by atoms with E-state index >= 15 is 0 Å². The van der Waals surface area contributed by atoms with Gasteiger partial charge in [-0.05, 0) is 37.8 Å². The molecule has 7 heteroatoms. The number of nitrogens with zero attached hydrogens (tertiary/aromatic N) is 3. The molecule has 2 heterocycles. The molecule has 6 nitrogen and oxygen atoms in total. The highest BCUT2D eigenvalue weighted by atomic mass is 35.5. The number of benzene rings is 1. The Bertz CT molecular complexity index is 767. The van der Waals surface area contributed by atoms with Crippen molar-refractivity contribution in [1.29, 1.82) is 0 Å². The predicted octanol–water partition coefficient (Wildman–Crippen LogP) is 1.40. The van der Waals surface area contributed by atoms with Crippen LogP contribution in [0.1, 0.15) is 19.8 Å². The molecule has 3 rings (SSSR count). The van der Waals surface area contributed by atoms with Crippen molar-refractivity contribution in [2.75, 3.05) is 13.1 Å². The topological polar surface area (TPSA) is 81.2 Å². The van der Waals surface area contributed by atoms with Crippen LogP contribution in [0.25, 0.3) is 10.9 Å². The summed E-state index contributed by atoms with van der Waals surface area (Å²) in [5.74, 6) is 0.441. The van der Waals surface area contributed by atoms with E-state index in [1.54, 1.807) is 18.2 Å². The number of para-hydroxylation sites is 1. The lowest BCUT2D eigenvalue weighted by Crippen LogP contribution is -2.44. The number of hydrogen-bond acceptors (Lipinski definition) is 4. The second-order valence-electron chi connectivity index (χ2n) is 6.27. The molecular formula is C17H23ClN4O2. The molecule has 0 spiro atoms. The number of carbonyl (C=O) groups excluding carboxylic acids is 1. The molecule has 1 amide bonds. The van der Waals surface area contributed by atoms with E-state index in [9.17, 15) is 9.59 Å². The minimum absolute atomic E-state index is 0. The van der Waals surface area contributed by atoms with Crippen LogP contribution in [0.2, 0.25) is 0 Å². The van der Waals surface area contributed by atoms with E-state index in [0.29, 0.717) is 29.9 Å². The summed E-state index contributed by atoms with van der Waals surface area (Å²) in [6.45, 7) is 3.48. The van der Waals surface area contributed by atoms with Gasteiger partial charge in [-0.3, -0.25) is 14.2 Å².